The lowest BCUT2D eigenvalue weighted by atomic mass is 9.96. The number of nitrogens with one attached hydrogen (secondary N) is 1. The number of aryl methyl sites for hydroxylation is 1. The van der Waals surface area contributed by atoms with Gasteiger partial charge >= 0.3 is 0 Å². The molecule has 0 saturated carbocycles. The van der Waals surface area contributed by atoms with E-state index in [4.69, 9.17) is 4.52 Å². The number of rotatable bonds is 2. The van der Waals surface area contributed by atoms with Crippen molar-refractivity contribution in [1.82, 2.24) is 15.4 Å². The van der Waals surface area contributed by atoms with E-state index < -0.39 is 0 Å². The second-order valence-corrected chi connectivity index (χ2v) is 5.80. The fourth-order valence-electron chi connectivity index (χ4n) is 3.22. The Morgan fingerprint density at radius 2 is 2.37 bits per heavy atom. The van der Waals surface area contributed by atoms with Crippen LogP contribution in [0.1, 0.15) is 37.3 Å². The van der Waals surface area contributed by atoms with E-state index in [1.807, 2.05) is 17.9 Å². The summed E-state index contributed by atoms with van der Waals surface area (Å²) in [6.07, 6.45) is 2.03. The first-order valence-corrected chi connectivity index (χ1v) is 7.11. The van der Waals surface area contributed by atoms with Gasteiger partial charge in [0, 0.05) is 19.2 Å². The Morgan fingerprint density at radius 3 is 3.00 bits per heavy atom. The van der Waals surface area contributed by atoms with Gasteiger partial charge in [-0.2, -0.15) is 0 Å². The number of likely N-dealkylation sites (tertiary alicyclic amines) is 1. The Balaban J connectivity index is 1.77. The van der Waals surface area contributed by atoms with Gasteiger partial charge in [0.25, 0.3) is 0 Å². The molecule has 1 aromatic heterocycles. The lowest BCUT2D eigenvalue weighted by Gasteiger charge is -2.27. The van der Waals surface area contributed by atoms with Crippen LogP contribution < -0.4 is 5.32 Å². The van der Waals surface area contributed by atoms with Crippen LogP contribution in [0.4, 0.5) is 0 Å². The van der Waals surface area contributed by atoms with Gasteiger partial charge in [0.2, 0.25) is 5.91 Å². The molecule has 0 aliphatic carbocycles. The van der Waals surface area contributed by atoms with Gasteiger partial charge in [0.15, 0.2) is 5.76 Å². The molecular formula is C14H21N3O2. The summed E-state index contributed by atoms with van der Waals surface area (Å²) in [5, 5.41) is 7.24. The predicted molar refractivity (Wildman–Crippen MR) is 70.5 cm³/mol. The minimum atomic E-state index is 0.0847. The van der Waals surface area contributed by atoms with E-state index in [0.29, 0.717) is 5.92 Å². The van der Waals surface area contributed by atoms with Crippen molar-refractivity contribution in [2.45, 2.75) is 32.7 Å². The summed E-state index contributed by atoms with van der Waals surface area (Å²) in [7, 11) is 0. The quantitative estimate of drug-likeness (QED) is 0.878. The largest absolute Gasteiger partial charge is 0.359 e. The number of amides is 1. The van der Waals surface area contributed by atoms with Crippen LogP contribution in [0.3, 0.4) is 0 Å². The highest BCUT2D eigenvalue weighted by atomic mass is 16.5. The van der Waals surface area contributed by atoms with Crippen LogP contribution in [-0.2, 0) is 4.79 Å². The molecule has 3 heterocycles. The molecule has 5 nitrogen and oxygen atoms in total. The predicted octanol–water partition coefficient (Wildman–Crippen LogP) is 1.50. The fourth-order valence-corrected chi connectivity index (χ4v) is 3.22. The Bertz CT molecular complexity index is 471. The molecule has 104 valence electrons. The minimum absolute atomic E-state index is 0.0847. The van der Waals surface area contributed by atoms with Gasteiger partial charge in [-0.05, 0) is 32.2 Å². The number of hydrogen-bond acceptors (Lipinski definition) is 4. The van der Waals surface area contributed by atoms with E-state index in [1.165, 1.54) is 0 Å². The summed E-state index contributed by atoms with van der Waals surface area (Å²) in [6.45, 7) is 6.64. The van der Waals surface area contributed by atoms with Crippen molar-refractivity contribution < 1.29 is 9.32 Å². The maximum atomic E-state index is 12.7. The highest BCUT2D eigenvalue weighted by Crippen LogP contribution is 2.34. The molecule has 5 heteroatoms. The molecule has 2 aliphatic rings. The van der Waals surface area contributed by atoms with E-state index in [0.717, 1.165) is 43.9 Å². The van der Waals surface area contributed by atoms with Crippen LogP contribution in [0.2, 0.25) is 0 Å². The van der Waals surface area contributed by atoms with Crippen LogP contribution in [0, 0.1) is 18.8 Å². The summed E-state index contributed by atoms with van der Waals surface area (Å²) < 4.78 is 5.36. The van der Waals surface area contributed by atoms with Gasteiger partial charge in [0.1, 0.15) is 0 Å². The number of aromatic nitrogens is 1. The van der Waals surface area contributed by atoms with E-state index in [1.54, 1.807) is 0 Å². The molecule has 0 radical (unpaired) electrons. The molecule has 1 N–H and O–H groups in total. The lowest BCUT2D eigenvalue weighted by Crippen LogP contribution is -2.38. The second-order valence-electron chi connectivity index (χ2n) is 5.80. The highest BCUT2D eigenvalue weighted by Gasteiger charge is 2.39. The van der Waals surface area contributed by atoms with Gasteiger partial charge in [-0.3, -0.25) is 4.79 Å². The number of carbonyl (C=O) groups excluding carboxylic acids is 1. The first kappa shape index (κ1) is 12.7. The minimum Gasteiger partial charge on any atom is -0.359 e. The van der Waals surface area contributed by atoms with Crippen molar-refractivity contribution >= 4 is 5.91 Å². The van der Waals surface area contributed by atoms with E-state index >= 15 is 0 Å². The van der Waals surface area contributed by atoms with Crippen LogP contribution in [0.5, 0.6) is 0 Å². The summed E-state index contributed by atoms with van der Waals surface area (Å²) in [5.74, 6) is 1.64. The normalized spacial score (nSPS) is 31.1. The number of carbonyl (C=O) groups is 1. The molecule has 0 aromatic carbocycles. The number of hydrogen-bond donors (Lipinski definition) is 1. The fraction of sp³-hybridized carbons (Fsp3) is 0.714. The Labute approximate surface area is 113 Å². The zero-order chi connectivity index (χ0) is 13.4. The van der Waals surface area contributed by atoms with E-state index in [2.05, 4.69) is 17.4 Å². The van der Waals surface area contributed by atoms with Gasteiger partial charge < -0.3 is 14.7 Å². The van der Waals surface area contributed by atoms with Gasteiger partial charge in [-0.25, -0.2) is 0 Å². The molecule has 0 bridgehead atoms. The van der Waals surface area contributed by atoms with Gasteiger partial charge in [-0.15, -0.1) is 0 Å². The molecule has 0 spiro atoms. The number of nitrogens with zero attached hydrogens (tertiary/aromatic N) is 2. The third-order valence-electron chi connectivity index (χ3n) is 4.35. The van der Waals surface area contributed by atoms with Crippen molar-refractivity contribution in [3.63, 3.8) is 0 Å². The molecule has 3 atom stereocenters. The molecular weight excluding hydrogens is 242 g/mol. The molecule has 1 unspecified atom stereocenters. The average Bonchev–Trinajstić information content (AvgIpc) is 3.07. The van der Waals surface area contributed by atoms with Crippen molar-refractivity contribution in [3.05, 3.63) is 17.5 Å². The second kappa shape index (κ2) is 4.96. The first-order valence-electron chi connectivity index (χ1n) is 7.11. The van der Waals surface area contributed by atoms with Gasteiger partial charge in [-0.1, -0.05) is 12.1 Å². The van der Waals surface area contributed by atoms with Gasteiger partial charge in [0.05, 0.1) is 17.7 Å². The zero-order valence-electron chi connectivity index (χ0n) is 11.6. The molecule has 1 amide bonds. The Morgan fingerprint density at radius 1 is 1.53 bits per heavy atom. The maximum absolute atomic E-state index is 12.7. The van der Waals surface area contributed by atoms with Crippen molar-refractivity contribution in [2.24, 2.45) is 11.8 Å². The van der Waals surface area contributed by atoms with Crippen LogP contribution in [-0.4, -0.2) is 35.6 Å². The maximum Gasteiger partial charge on any atom is 0.227 e. The Kier molecular flexibility index (Phi) is 3.31. The van der Waals surface area contributed by atoms with Crippen molar-refractivity contribution in [3.8, 4) is 0 Å². The molecule has 2 aliphatic heterocycles. The van der Waals surface area contributed by atoms with Crippen molar-refractivity contribution in [2.75, 3.05) is 19.6 Å². The smallest absolute Gasteiger partial charge is 0.227 e. The molecule has 2 fully saturated rings. The van der Waals surface area contributed by atoms with E-state index in [-0.39, 0.29) is 17.9 Å². The molecule has 3 rings (SSSR count). The lowest BCUT2D eigenvalue weighted by molar-refractivity contribution is -0.137. The molecule has 1 aromatic rings. The molecule has 2 saturated heterocycles. The molecule has 19 heavy (non-hydrogen) atoms. The standard InChI is InChI=1S/C14H21N3O2/c1-9-7-15-8-11(9)14(18)17-5-3-4-12(17)13-6-10(2)16-19-13/h6,9,11-12,15H,3-5,7-8H2,1-2H3/t9-,11-,12?/m1/s1. The van der Waals surface area contributed by atoms with Crippen LogP contribution in [0.15, 0.2) is 10.6 Å². The summed E-state index contributed by atoms with van der Waals surface area (Å²) in [6, 6.07) is 2.04. The summed E-state index contributed by atoms with van der Waals surface area (Å²) >= 11 is 0. The van der Waals surface area contributed by atoms with Crippen LogP contribution >= 0.6 is 0 Å². The summed E-state index contributed by atoms with van der Waals surface area (Å²) in [4.78, 5) is 14.7. The third kappa shape index (κ3) is 2.27. The highest BCUT2D eigenvalue weighted by molar-refractivity contribution is 5.80. The zero-order valence-corrected chi connectivity index (χ0v) is 11.6. The Hall–Kier alpha value is -1.36. The SMILES string of the molecule is Cc1cc(C2CCCN2C(=O)[C@@H]2CNC[C@H]2C)on1. The summed E-state index contributed by atoms with van der Waals surface area (Å²) in [5.41, 5.74) is 0.880. The average molecular weight is 263 g/mol. The topological polar surface area (TPSA) is 58.4 Å². The van der Waals surface area contributed by atoms with Crippen LogP contribution in [0.25, 0.3) is 0 Å². The first-order chi connectivity index (χ1) is 9.16. The van der Waals surface area contributed by atoms with E-state index in [9.17, 15) is 4.79 Å². The monoisotopic (exact) mass is 263 g/mol. The van der Waals surface area contributed by atoms with Crippen molar-refractivity contribution in [1.29, 1.82) is 0 Å². The third-order valence-corrected chi connectivity index (χ3v) is 4.35.